The van der Waals surface area contributed by atoms with Gasteiger partial charge in [0.05, 0.1) is 6.61 Å². The fourth-order valence-corrected chi connectivity index (χ4v) is 2.32. The lowest BCUT2D eigenvalue weighted by molar-refractivity contribution is -0.121. The molecule has 5 nitrogen and oxygen atoms in total. The van der Waals surface area contributed by atoms with Gasteiger partial charge in [-0.15, -0.1) is 0 Å². The van der Waals surface area contributed by atoms with Crippen molar-refractivity contribution in [2.24, 2.45) is 7.05 Å². The minimum Gasteiger partial charge on any atom is -0.461 e. The van der Waals surface area contributed by atoms with Crippen LogP contribution in [0.5, 0.6) is 0 Å². The molecule has 0 aliphatic heterocycles. The predicted octanol–water partition coefficient (Wildman–Crippen LogP) is 2.52. The zero-order valence-electron chi connectivity index (χ0n) is 12.0. The van der Waals surface area contributed by atoms with Gasteiger partial charge in [-0.3, -0.25) is 4.68 Å². The highest BCUT2D eigenvalue weighted by Crippen LogP contribution is 2.32. The molecule has 0 radical (unpaired) electrons. The molecule has 1 heterocycles. The Hall–Kier alpha value is -1.73. The van der Waals surface area contributed by atoms with Crippen LogP contribution in [0.25, 0.3) is 0 Å². The summed E-state index contributed by atoms with van der Waals surface area (Å²) in [5.41, 5.74) is 0.0286. The fourth-order valence-electron chi connectivity index (χ4n) is 2.32. The summed E-state index contributed by atoms with van der Waals surface area (Å²) in [7, 11) is 1.53. The number of aromatic nitrogens is 2. The van der Waals surface area contributed by atoms with Crippen LogP contribution in [0.15, 0.2) is 6.07 Å². The number of carbonyl (C=O) groups is 1. The second kappa shape index (κ2) is 5.95. The maximum Gasteiger partial charge on any atom is 0.405 e. The van der Waals surface area contributed by atoms with Crippen LogP contribution in [0.2, 0.25) is 0 Å². The first-order valence-corrected chi connectivity index (χ1v) is 6.86. The van der Waals surface area contributed by atoms with Gasteiger partial charge in [0.25, 0.3) is 0 Å². The van der Waals surface area contributed by atoms with Gasteiger partial charge in [0.15, 0.2) is 5.69 Å². The van der Waals surface area contributed by atoms with Gasteiger partial charge < -0.3 is 9.64 Å². The smallest absolute Gasteiger partial charge is 0.405 e. The van der Waals surface area contributed by atoms with Crippen LogP contribution in [-0.2, 0) is 11.8 Å². The van der Waals surface area contributed by atoms with Crippen molar-refractivity contribution in [2.45, 2.75) is 38.4 Å². The van der Waals surface area contributed by atoms with E-state index in [4.69, 9.17) is 4.74 Å². The summed E-state index contributed by atoms with van der Waals surface area (Å²) in [5, 5.41) is 3.95. The SMILES string of the molecule is CCOC(=O)c1cc(N(CC(F)(F)F)C2CCC2)n(C)n1. The number of nitrogens with zero attached hydrogens (tertiary/aromatic N) is 3. The van der Waals surface area contributed by atoms with Crippen molar-refractivity contribution in [3.8, 4) is 0 Å². The summed E-state index contributed by atoms with van der Waals surface area (Å²) in [4.78, 5) is 12.9. The summed E-state index contributed by atoms with van der Waals surface area (Å²) in [6, 6.07) is 1.21. The van der Waals surface area contributed by atoms with E-state index < -0.39 is 18.7 Å². The summed E-state index contributed by atoms with van der Waals surface area (Å²) in [6.07, 6.45) is -1.95. The first kappa shape index (κ1) is 15.7. The van der Waals surface area contributed by atoms with Crippen LogP contribution in [-0.4, -0.2) is 41.1 Å². The highest BCUT2D eigenvalue weighted by Gasteiger charge is 2.37. The Bertz CT molecular complexity index is 509. The molecule has 8 heteroatoms. The average Bonchev–Trinajstić information content (AvgIpc) is 2.66. The third-order valence-electron chi connectivity index (χ3n) is 3.50. The van der Waals surface area contributed by atoms with Gasteiger partial charge in [-0.1, -0.05) is 0 Å². The molecule has 118 valence electrons. The monoisotopic (exact) mass is 305 g/mol. The molecule has 1 saturated carbocycles. The number of halogens is 3. The Morgan fingerprint density at radius 3 is 2.67 bits per heavy atom. The van der Waals surface area contributed by atoms with Crippen molar-refractivity contribution in [1.82, 2.24) is 9.78 Å². The molecule has 0 amide bonds. The zero-order chi connectivity index (χ0) is 15.6. The Morgan fingerprint density at radius 2 is 2.19 bits per heavy atom. The molecule has 0 bridgehead atoms. The van der Waals surface area contributed by atoms with E-state index in [0.29, 0.717) is 5.82 Å². The fraction of sp³-hybridized carbons (Fsp3) is 0.692. The number of anilines is 1. The van der Waals surface area contributed by atoms with Crippen LogP contribution in [0.1, 0.15) is 36.7 Å². The van der Waals surface area contributed by atoms with Gasteiger partial charge >= 0.3 is 12.1 Å². The van der Waals surface area contributed by atoms with Crippen LogP contribution < -0.4 is 4.90 Å². The molecule has 1 aliphatic rings. The Balaban J connectivity index is 2.25. The topological polar surface area (TPSA) is 47.4 Å². The van der Waals surface area contributed by atoms with Gasteiger partial charge in [-0.25, -0.2) is 4.79 Å². The number of esters is 1. The molecule has 0 spiro atoms. The van der Waals surface area contributed by atoms with Crippen molar-refractivity contribution in [3.05, 3.63) is 11.8 Å². The number of aryl methyl sites for hydroxylation is 1. The third kappa shape index (κ3) is 3.68. The lowest BCUT2D eigenvalue weighted by Gasteiger charge is -2.39. The van der Waals surface area contributed by atoms with Gasteiger partial charge in [0.2, 0.25) is 0 Å². The van der Waals surface area contributed by atoms with Crippen LogP contribution in [0, 0.1) is 0 Å². The largest absolute Gasteiger partial charge is 0.461 e. The van der Waals surface area contributed by atoms with Gasteiger partial charge in [-0.2, -0.15) is 18.3 Å². The molecule has 1 aromatic rings. The molecular formula is C13H18F3N3O2. The number of carbonyl (C=O) groups excluding carboxylic acids is 1. The standard InChI is InChI=1S/C13H18F3N3O2/c1-3-21-12(20)10-7-11(18(2)17-10)19(8-13(14,15)16)9-5-4-6-9/h7,9H,3-6,8H2,1-2H3. The van der Waals surface area contributed by atoms with E-state index in [9.17, 15) is 18.0 Å². The normalized spacial score (nSPS) is 15.7. The molecule has 0 atom stereocenters. The molecule has 0 unspecified atom stereocenters. The summed E-state index contributed by atoms with van der Waals surface area (Å²) in [5.74, 6) is -0.333. The van der Waals surface area contributed by atoms with Gasteiger partial charge in [0, 0.05) is 19.2 Å². The highest BCUT2D eigenvalue weighted by molar-refractivity contribution is 5.88. The molecule has 0 aromatic carbocycles. The molecule has 2 rings (SSSR count). The maximum atomic E-state index is 12.8. The molecule has 1 fully saturated rings. The Morgan fingerprint density at radius 1 is 1.52 bits per heavy atom. The predicted molar refractivity (Wildman–Crippen MR) is 70.2 cm³/mol. The minimum atomic E-state index is -4.30. The van der Waals surface area contributed by atoms with E-state index in [1.54, 1.807) is 6.92 Å². The first-order chi connectivity index (χ1) is 9.81. The number of alkyl halides is 3. The van der Waals surface area contributed by atoms with Gasteiger partial charge in [-0.05, 0) is 26.2 Å². The first-order valence-electron chi connectivity index (χ1n) is 6.86. The Kier molecular flexibility index (Phi) is 4.43. The highest BCUT2D eigenvalue weighted by atomic mass is 19.4. The van der Waals surface area contributed by atoms with Crippen molar-refractivity contribution >= 4 is 11.8 Å². The van der Waals surface area contributed by atoms with Crippen LogP contribution >= 0.6 is 0 Å². The van der Waals surface area contributed by atoms with Crippen molar-refractivity contribution in [1.29, 1.82) is 0 Å². The lowest BCUT2D eigenvalue weighted by atomic mass is 9.91. The minimum absolute atomic E-state index is 0.0286. The second-order valence-corrected chi connectivity index (χ2v) is 5.06. The number of rotatable bonds is 5. The van der Waals surface area contributed by atoms with E-state index >= 15 is 0 Å². The quantitative estimate of drug-likeness (QED) is 0.784. The van der Waals surface area contributed by atoms with Crippen LogP contribution in [0.4, 0.5) is 19.0 Å². The molecule has 21 heavy (non-hydrogen) atoms. The maximum absolute atomic E-state index is 12.8. The summed E-state index contributed by atoms with van der Waals surface area (Å²) >= 11 is 0. The number of ether oxygens (including phenoxy) is 1. The van der Waals surface area contributed by atoms with E-state index in [1.165, 1.54) is 22.7 Å². The molecule has 0 N–H and O–H groups in total. The van der Waals surface area contributed by atoms with Crippen LogP contribution in [0.3, 0.4) is 0 Å². The second-order valence-electron chi connectivity index (χ2n) is 5.06. The van der Waals surface area contributed by atoms with E-state index in [-0.39, 0.29) is 18.3 Å². The Labute approximate surface area is 120 Å². The number of hydrogen-bond acceptors (Lipinski definition) is 4. The van der Waals surface area contributed by atoms with Gasteiger partial charge in [0.1, 0.15) is 12.4 Å². The lowest BCUT2D eigenvalue weighted by Crippen LogP contribution is -2.46. The summed E-state index contributed by atoms with van der Waals surface area (Å²) in [6.45, 7) is 0.811. The van der Waals surface area contributed by atoms with E-state index in [0.717, 1.165) is 19.3 Å². The van der Waals surface area contributed by atoms with E-state index in [2.05, 4.69) is 5.10 Å². The molecular weight excluding hydrogens is 287 g/mol. The zero-order valence-corrected chi connectivity index (χ0v) is 12.0. The van der Waals surface area contributed by atoms with Crippen molar-refractivity contribution in [3.63, 3.8) is 0 Å². The van der Waals surface area contributed by atoms with Crippen molar-refractivity contribution < 1.29 is 22.7 Å². The average molecular weight is 305 g/mol. The number of hydrogen-bond donors (Lipinski definition) is 0. The molecule has 1 aliphatic carbocycles. The molecule has 1 aromatic heterocycles. The summed E-state index contributed by atoms with van der Waals surface area (Å²) < 4.78 is 44.4. The van der Waals surface area contributed by atoms with E-state index in [1.807, 2.05) is 0 Å². The molecule has 0 saturated heterocycles. The van der Waals surface area contributed by atoms with Crippen molar-refractivity contribution in [2.75, 3.05) is 18.1 Å². The third-order valence-corrected chi connectivity index (χ3v) is 3.50.